The normalized spacial score (nSPS) is 9.00. The molecule has 0 aliphatic carbocycles. The quantitative estimate of drug-likeness (QED) is 0.491. The molecule has 4 nitrogen and oxygen atoms in total. The minimum atomic E-state index is -0.421. The maximum Gasteiger partial charge on any atom is 0.307 e. The summed E-state index contributed by atoms with van der Waals surface area (Å²) in [7, 11) is 0. The summed E-state index contributed by atoms with van der Waals surface area (Å²) < 4.78 is 9.33. The van der Waals surface area contributed by atoms with Crippen molar-refractivity contribution in [2.75, 3.05) is 13.2 Å². The van der Waals surface area contributed by atoms with Gasteiger partial charge in [-0.05, 0) is 5.92 Å². The number of carbonyl (C=O) groups is 2. The van der Waals surface area contributed by atoms with Gasteiger partial charge in [0.15, 0.2) is 13.2 Å². The Morgan fingerprint density at radius 2 is 1.44 bits per heavy atom. The van der Waals surface area contributed by atoms with Gasteiger partial charge in [-0.15, -0.1) is 12.8 Å². The minimum absolute atomic E-state index is 0.0485. The van der Waals surface area contributed by atoms with Crippen LogP contribution in [0.25, 0.3) is 0 Å². The molecule has 0 aromatic carbocycles. The summed E-state index contributed by atoms with van der Waals surface area (Å²) in [6.45, 7) is 1.65. The van der Waals surface area contributed by atoms with E-state index in [0.717, 1.165) is 0 Å². The molecule has 0 aromatic rings. The molecule has 0 atom stereocenters. The summed E-state index contributed by atoms with van der Waals surface area (Å²) in [6, 6.07) is 0. The zero-order valence-corrected chi connectivity index (χ0v) is 9.19. The van der Waals surface area contributed by atoms with E-state index < -0.39 is 11.9 Å². The molecule has 16 heavy (non-hydrogen) atoms. The zero-order valence-electron chi connectivity index (χ0n) is 9.19. The first-order valence-electron chi connectivity index (χ1n) is 4.78. The van der Waals surface area contributed by atoms with Gasteiger partial charge in [0.1, 0.15) is 0 Å². The Kier molecular flexibility index (Phi) is 7.36. The number of rotatable bonds is 6. The van der Waals surface area contributed by atoms with Gasteiger partial charge in [0.05, 0.1) is 0 Å². The van der Waals surface area contributed by atoms with E-state index in [1.807, 2.05) is 0 Å². The molecule has 0 saturated heterocycles. The van der Waals surface area contributed by atoms with Crippen LogP contribution < -0.4 is 0 Å². The predicted octanol–water partition coefficient (Wildman–Crippen LogP) is 0.756. The molecule has 0 aliphatic rings. The maximum atomic E-state index is 11.1. The van der Waals surface area contributed by atoms with Crippen LogP contribution in [0.4, 0.5) is 0 Å². The fourth-order valence-electron chi connectivity index (χ4n) is 1.00. The summed E-state index contributed by atoms with van der Waals surface area (Å²) in [5, 5.41) is 0. The molecule has 0 bridgehead atoms. The standard InChI is InChI=1S/C12H14O4/c1-4-6-15-11(13)8-10(3)9-12(14)16-7-5-2/h1-2,10H,6-9H2,3H3. The van der Waals surface area contributed by atoms with Crippen molar-refractivity contribution in [2.24, 2.45) is 5.92 Å². The van der Waals surface area contributed by atoms with Crippen LogP contribution in [0.3, 0.4) is 0 Å². The van der Waals surface area contributed by atoms with Gasteiger partial charge >= 0.3 is 11.9 Å². The fourth-order valence-corrected chi connectivity index (χ4v) is 1.00. The van der Waals surface area contributed by atoms with E-state index in [4.69, 9.17) is 12.8 Å². The van der Waals surface area contributed by atoms with Gasteiger partial charge in [-0.3, -0.25) is 9.59 Å². The van der Waals surface area contributed by atoms with Crippen LogP contribution in [0.5, 0.6) is 0 Å². The van der Waals surface area contributed by atoms with Crippen LogP contribution in [0.2, 0.25) is 0 Å². The molecule has 0 spiro atoms. The lowest BCUT2D eigenvalue weighted by Crippen LogP contribution is -2.14. The summed E-state index contributed by atoms with van der Waals surface area (Å²) >= 11 is 0. The molecule has 0 unspecified atom stereocenters. The van der Waals surface area contributed by atoms with E-state index in [1.54, 1.807) is 6.92 Å². The third-order valence-corrected chi connectivity index (χ3v) is 1.66. The summed E-state index contributed by atoms with van der Waals surface area (Å²) in [5.74, 6) is 3.37. The smallest absolute Gasteiger partial charge is 0.307 e. The lowest BCUT2D eigenvalue weighted by atomic mass is 10.0. The van der Waals surface area contributed by atoms with Crippen molar-refractivity contribution in [3.8, 4) is 24.7 Å². The summed E-state index contributed by atoms with van der Waals surface area (Å²) in [6.07, 6.45) is 10.1. The number of carbonyl (C=O) groups excluding carboxylic acids is 2. The Bertz CT molecular complexity index is 287. The van der Waals surface area contributed by atoms with Crippen LogP contribution >= 0.6 is 0 Å². The van der Waals surface area contributed by atoms with Crippen molar-refractivity contribution in [1.82, 2.24) is 0 Å². The predicted molar refractivity (Wildman–Crippen MR) is 58.0 cm³/mol. The highest BCUT2D eigenvalue weighted by Gasteiger charge is 2.14. The fraction of sp³-hybridized carbons (Fsp3) is 0.500. The molecule has 0 aromatic heterocycles. The Morgan fingerprint density at radius 1 is 1.06 bits per heavy atom. The molecule has 0 radical (unpaired) electrons. The summed E-state index contributed by atoms with van der Waals surface area (Å²) in [5.41, 5.74) is 0. The Hall–Kier alpha value is -1.94. The Morgan fingerprint density at radius 3 is 1.75 bits per heavy atom. The molecule has 0 heterocycles. The van der Waals surface area contributed by atoms with E-state index in [9.17, 15) is 9.59 Å². The van der Waals surface area contributed by atoms with Crippen molar-refractivity contribution in [1.29, 1.82) is 0 Å². The molecule has 0 aliphatic heterocycles. The van der Waals surface area contributed by atoms with Gasteiger partial charge in [0.25, 0.3) is 0 Å². The number of ether oxygens (including phenoxy) is 2. The third kappa shape index (κ3) is 7.46. The van der Waals surface area contributed by atoms with E-state index in [0.29, 0.717) is 0 Å². The number of hydrogen-bond donors (Lipinski definition) is 0. The lowest BCUT2D eigenvalue weighted by molar-refractivity contribution is -0.145. The monoisotopic (exact) mass is 222 g/mol. The van der Waals surface area contributed by atoms with Crippen LogP contribution in [0.1, 0.15) is 19.8 Å². The molecule has 86 valence electrons. The van der Waals surface area contributed by atoms with Gasteiger partial charge in [-0.2, -0.15) is 0 Å². The van der Waals surface area contributed by atoms with Gasteiger partial charge in [0.2, 0.25) is 0 Å². The second-order valence-corrected chi connectivity index (χ2v) is 3.24. The Labute approximate surface area is 95.3 Å². The second-order valence-electron chi connectivity index (χ2n) is 3.24. The van der Waals surface area contributed by atoms with Crippen molar-refractivity contribution < 1.29 is 19.1 Å². The topological polar surface area (TPSA) is 52.6 Å². The van der Waals surface area contributed by atoms with Gasteiger partial charge < -0.3 is 9.47 Å². The molecule has 0 saturated carbocycles. The maximum absolute atomic E-state index is 11.1. The molecular weight excluding hydrogens is 208 g/mol. The first-order chi connectivity index (χ1) is 7.60. The van der Waals surface area contributed by atoms with Crippen molar-refractivity contribution in [2.45, 2.75) is 19.8 Å². The molecule has 0 amide bonds. The minimum Gasteiger partial charge on any atom is -0.452 e. The van der Waals surface area contributed by atoms with Crippen LogP contribution in [-0.2, 0) is 19.1 Å². The highest BCUT2D eigenvalue weighted by molar-refractivity contribution is 5.73. The van der Waals surface area contributed by atoms with Crippen molar-refractivity contribution in [3.05, 3.63) is 0 Å². The van der Waals surface area contributed by atoms with E-state index >= 15 is 0 Å². The van der Waals surface area contributed by atoms with E-state index in [2.05, 4.69) is 21.3 Å². The molecule has 0 rings (SSSR count). The van der Waals surface area contributed by atoms with Crippen LogP contribution in [-0.4, -0.2) is 25.2 Å². The third-order valence-electron chi connectivity index (χ3n) is 1.66. The molecular formula is C12H14O4. The molecule has 4 heteroatoms. The number of terminal acetylenes is 2. The van der Waals surface area contributed by atoms with Gasteiger partial charge in [-0.25, -0.2) is 0 Å². The van der Waals surface area contributed by atoms with E-state index in [-0.39, 0.29) is 32.0 Å². The highest BCUT2D eigenvalue weighted by Crippen LogP contribution is 2.09. The Balaban J connectivity index is 3.77. The van der Waals surface area contributed by atoms with E-state index in [1.165, 1.54) is 0 Å². The van der Waals surface area contributed by atoms with Crippen molar-refractivity contribution >= 4 is 11.9 Å². The van der Waals surface area contributed by atoms with Crippen LogP contribution in [0.15, 0.2) is 0 Å². The first kappa shape index (κ1) is 14.1. The SMILES string of the molecule is C#CCOC(=O)CC(C)CC(=O)OCC#C. The lowest BCUT2D eigenvalue weighted by Gasteiger charge is -2.08. The highest BCUT2D eigenvalue weighted by atomic mass is 16.5. The average molecular weight is 222 g/mol. The largest absolute Gasteiger partial charge is 0.452 e. The molecule has 0 N–H and O–H groups in total. The number of esters is 2. The molecule has 0 fully saturated rings. The zero-order chi connectivity index (χ0) is 12.4. The average Bonchev–Trinajstić information content (AvgIpc) is 2.23. The first-order valence-corrected chi connectivity index (χ1v) is 4.78. The van der Waals surface area contributed by atoms with Crippen molar-refractivity contribution in [3.63, 3.8) is 0 Å². The second kappa shape index (κ2) is 8.38. The van der Waals surface area contributed by atoms with Gasteiger partial charge in [0, 0.05) is 12.8 Å². The number of hydrogen-bond acceptors (Lipinski definition) is 4. The van der Waals surface area contributed by atoms with Gasteiger partial charge in [-0.1, -0.05) is 18.8 Å². The summed E-state index contributed by atoms with van der Waals surface area (Å²) in [4.78, 5) is 22.2. The van der Waals surface area contributed by atoms with Crippen LogP contribution in [0, 0.1) is 30.6 Å².